The smallest absolute Gasteiger partial charge is 0.332 e. The molecule has 42 heavy (non-hydrogen) atoms. The first-order valence-corrected chi connectivity index (χ1v) is 15.4. The third-order valence-electron chi connectivity index (χ3n) is 8.10. The molecule has 0 bridgehead atoms. The molecule has 1 aliphatic carbocycles. The molecule has 9 nitrogen and oxygen atoms in total. The van der Waals surface area contributed by atoms with Crippen LogP contribution in [0.5, 0.6) is 5.75 Å². The summed E-state index contributed by atoms with van der Waals surface area (Å²) in [5, 5.41) is 7.49. The van der Waals surface area contributed by atoms with E-state index in [1.165, 1.54) is 0 Å². The Morgan fingerprint density at radius 3 is 2.57 bits per heavy atom. The number of hydrogen-bond donors (Lipinski definition) is 1. The molecule has 1 aromatic carbocycles. The minimum atomic E-state index is -0.882. The summed E-state index contributed by atoms with van der Waals surface area (Å²) in [5.41, 5.74) is 1.85. The Hall–Kier alpha value is -3.72. The molecule has 1 saturated heterocycles. The van der Waals surface area contributed by atoms with Crippen LogP contribution in [0, 0.1) is 0 Å². The molecule has 2 aromatic heterocycles. The van der Waals surface area contributed by atoms with E-state index >= 15 is 0 Å². The molecule has 3 heterocycles. The highest BCUT2D eigenvalue weighted by atomic mass is 16.5. The lowest BCUT2D eigenvalue weighted by atomic mass is 9.97. The van der Waals surface area contributed by atoms with Crippen molar-refractivity contribution in [2.75, 3.05) is 13.2 Å². The van der Waals surface area contributed by atoms with Gasteiger partial charge in [0.05, 0.1) is 24.2 Å². The lowest BCUT2D eigenvalue weighted by Crippen LogP contribution is -2.53. The Kier molecular flexibility index (Phi) is 10.6. The lowest BCUT2D eigenvalue weighted by molar-refractivity contribution is -0.155. The van der Waals surface area contributed by atoms with Gasteiger partial charge in [-0.05, 0) is 68.7 Å². The summed E-state index contributed by atoms with van der Waals surface area (Å²) in [7, 11) is 0. The van der Waals surface area contributed by atoms with Gasteiger partial charge in [0, 0.05) is 19.2 Å². The number of pyridine rings is 1. The molecule has 0 spiro atoms. The summed E-state index contributed by atoms with van der Waals surface area (Å²) in [6.07, 6.45) is 13.8. The standard InChI is InChI=1S/C33H42N4O5/c38-30(36-33(19-8-9-20-33)32(39)42-25-26-12-4-3-5-13-26)14-6-1-2-10-22-40-27-16-17-28(34-24-27)29-18-21-35-37(29)31-15-7-11-23-41-31/h3-5,12-13,16-18,21,24,31H,1-2,6-11,14-15,19-20,22-23,25H2,(H,36,38). The number of amides is 1. The fraction of sp³-hybridized carbons (Fsp3) is 0.515. The topological polar surface area (TPSA) is 105 Å². The van der Waals surface area contributed by atoms with Crippen LogP contribution < -0.4 is 10.1 Å². The molecule has 0 radical (unpaired) electrons. The molecule has 2 aliphatic rings. The molecule has 224 valence electrons. The number of rotatable bonds is 14. The second kappa shape index (κ2) is 15.0. The zero-order chi connectivity index (χ0) is 29.0. The number of hydrogen-bond acceptors (Lipinski definition) is 7. The van der Waals surface area contributed by atoms with Gasteiger partial charge in [-0.15, -0.1) is 0 Å². The average Bonchev–Trinajstić information content (AvgIpc) is 3.72. The summed E-state index contributed by atoms with van der Waals surface area (Å²) in [5.74, 6) is 0.340. The quantitative estimate of drug-likeness (QED) is 0.182. The number of carbonyl (C=O) groups is 2. The number of aromatic nitrogens is 3. The van der Waals surface area contributed by atoms with Crippen molar-refractivity contribution >= 4 is 11.9 Å². The van der Waals surface area contributed by atoms with Crippen molar-refractivity contribution < 1.29 is 23.8 Å². The summed E-state index contributed by atoms with van der Waals surface area (Å²) in [4.78, 5) is 30.2. The highest BCUT2D eigenvalue weighted by molar-refractivity contribution is 5.88. The number of nitrogens with zero attached hydrogens (tertiary/aromatic N) is 3. The van der Waals surface area contributed by atoms with E-state index in [9.17, 15) is 9.59 Å². The van der Waals surface area contributed by atoms with Crippen LogP contribution in [-0.4, -0.2) is 45.4 Å². The predicted octanol–water partition coefficient (Wildman–Crippen LogP) is 6.15. The number of esters is 1. The van der Waals surface area contributed by atoms with Gasteiger partial charge in [0.25, 0.3) is 0 Å². The average molecular weight is 575 g/mol. The van der Waals surface area contributed by atoms with E-state index < -0.39 is 5.54 Å². The number of unbranched alkanes of at least 4 members (excludes halogenated alkanes) is 3. The molecule has 1 N–H and O–H groups in total. The monoisotopic (exact) mass is 574 g/mol. The van der Waals surface area contributed by atoms with Crippen LogP contribution in [0.25, 0.3) is 11.4 Å². The Morgan fingerprint density at radius 1 is 0.976 bits per heavy atom. The van der Waals surface area contributed by atoms with Crippen molar-refractivity contribution in [3.05, 3.63) is 66.5 Å². The molecule has 1 atom stereocenters. The maximum atomic E-state index is 12.9. The van der Waals surface area contributed by atoms with E-state index in [0.717, 1.165) is 87.1 Å². The molecular weight excluding hydrogens is 532 g/mol. The van der Waals surface area contributed by atoms with E-state index in [1.54, 1.807) is 12.4 Å². The lowest BCUT2D eigenvalue weighted by Gasteiger charge is -2.28. The Balaban J connectivity index is 0.976. The molecule has 9 heteroatoms. The summed E-state index contributed by atoms with van der Waals surface area (Å²) < 4.78 is 19.3. The largest absolute Gasteiger partial charge is 0.492 e. The minimum absolute atomic E-state index is 0.0298. The van der Waals surface area contributed by atoms with E-state index in [2.05, 4.69) is 15.4 Å². The number of carbonyl (C=O) groups excluding carboxylic acids is 2. The van der Waals surface area contributed by atoms with Gasteiger partial charge >= 0.3 is 5.97 Å². The summed E-state index contributed by atoms with van der Waals surface area (Å²) in [6, 6.07) is 15.5. The molecule has 1 amide bonds. The van der Waals surface area contributed by atoms with Gasteiger partial charge in [0.2, 0.25) is 5.91 Å². The molecule has 1 saturated carbocycles. The summed E-state index contributed by atoms with van der Waals surface area (Å²) in [6.45, 7) is 1.59. The van der Waals surface area contributed by atoms with Gasteiger partial charge in [-0.1, -0.05) is 56.0 Å². The molecule has 5 rings (SSSR count). The first-order valence-electron chi connectivity index (χ1n) is 15.4. The van der Waals surface area contributed by atoms with Crippen LogP contribution in [0.15, 0.2) is 60.9 Å². The molecule has 1 unspecified atom stereocenters. The molecule has 1 aliphatic heterocycles. The molecule has 3 aromatic rings. The van der Waals surface area contributed by atoms with Crippen LogP contribution in [0.3, 0.4) is 0 Å². The minimum Gasteiger partial charge on any atom is -0.492 e. The van der Waals surface area contributed by atoms with Crippen molar-refractivity contribution in [1.29, 1.82) is 0 Å². The summed E-state index contributed by atoms with van der Waals surface area (Å²) >= 11 is 0. The van der Waals surface area contributed by atoms with Crippen LogP contribution in [0.2, 0.25) is 0 Å². The van der Waals surface area contributed by atoms with Crippen molar-refractivity contribution in [2.24, 2.45) is 0 Å². The Morgan fingerprint density at radius 2 is 1.81 bits per heavy atom. The van der Waals surface area contributed by atoms with Crippen LogP contribution in [-0.2, 0) is 25.7 Å². The molecule has 2 fully saturated rings. The second-order valence-corrected chi connectivity index (χ2v) is 11.3. The predicted molar refractivity (Wildman–Crippen MR) is 158 cm³/mol. The van der Waals surface area contributed by atoms with Crippen LogP contribution in [0.4, 0.5) is 0 Å². The van der Waals surface area contributed by atoms with Crippen molar-refractivity contribution in [3.63, 3.8) is 0 Å². The van der Waals surface area contributed by atoms with Crippen molar-refractivity contribution in [1.82, 2.24) is 20.1 Å². The Bertz CT molecular complexity index is 1270. The fourth-order valence-corrected chi connectivity index (χ4v) is 5.76. The van der Waals surface area contributed by atoms with Gasteiger partial charge in [0.15, 0.2) is 6.23 Å². The first-order chi connectivity index (χ1) is 20.6. The van der Waals surface area contributed by atoms with E-state index in [4.69, 9.17) is 14.2 Å². The van der Waals surface area contributed by atoms with Gasteiger partial charge in [0.1, 0.15) is 17.9 Å². The first kappa shape index (κ1) is 29.8. The Labute approximate surface area is 248 Å². The van der Waals surface area contributed by atoms with Gasteiger partial charge < -0.3 is 19.5 Å². The van der Waals surface area contributed by atoms with E-state index in [1.807, 2.05) is 53.2 Å². The maximum absolute atomic E-state index is 12.9. The van der Waals surface area contributed by atoms with E-state index in [-0.39, 0.29) is 24.7 Å². The highest BCUT2D eigenvalue weighted by Gasteiger charge is 2.43. The normalized spacial score (nSPS) is 18.0. The third kappa shape index (κ3) is 7.97. The zero-order valence-corrected chi connectivity index (χ0v) is 24.3. The van der Waals surface area contributed by atoms with Crippen LogP contribution >= 0.6 is 0 Å². The van der Waals surface area contributed by atoms with Gasteiger partial charge in [-0.25, -0.2) is 9.48 Å². The van der Waals surface area contributed by atoms with Crippen molar-refractivity contribution in [2.45, 2.75) is 95.4 Å². The molecular formula is C33H42N4O5. The highest BCUT2D eigenvalue weighted by Crippen LogP contribution is 2.32. The number of nitrogens with one attached hydrogen (secondary N) is 1. The SMILES string of the molecule is O=C(CCCCCCOc1ccc(-c2ccnn2C2CCCCO2)nc1)NC1(C(=O)OCc2ccccc2)CCCC1. The van der Waals surface area contributed by atoms with Gasteiger partial charge in [-0.3, -0.25) is 9.78 Å². The maximum Gasteiger partial charge on any atom is 0.332 e. The second-order valence-electron chi connectivity index (χ2n) is 11.3. The number of benzene rings is 1. The van der Waals surface area contributed by atoms with E-state index in [0.29, 0.717) is 25.9 Å². The van der Waals surface area contributed by atoms with Gasteiger partial charge in [-0.2, -0.15) is 5.10 Å². The van der Waals surface area contributed by atoms with Crippen LogP contribution in [0.1, 0.15) is 88.8 Å². The van der Waals surface area contributed by atoms with Crippen molar-refractivity contribution in [3.8, 4) is 17.1 Å². The number of ether oxygens (including phenoxy) is 3. The third-order valence-corrected chi connectivity index (χ3v) is 8.10. The zero-order valence-electron chi connectivity index (χ0n) is 24.3. The fourth-order valence-electron chi connectivity index (χ4n) is 5.76.